The van der Waals surface area contributed by atoms with Crippen molar-refractivity contribution in [2.75, 3.05) is 6.26 Å². The molecule has 2 aromatic carbocycles. The number of rotatable bonds is 8. The Morgan fingerprint density at radius 3 is 2.54 bits per heavy atom. The molecule has 178 valence electrons. The van der Waals surface area contributed by atoms with Gasteiger partial charge in [0.25, 0.3) is 5.09 Å². The second-order valence-corrected chi connectivity index (χ2v) is 9.29. The molecule has 0 N–H and O–H groups in total. The lowest BCUT2D eigenvalue weighted by atomic mass is 10.0. The fourth-order valence-corrected chi connectivity index (χ4v) is 4.26. The SMILES string of the molecule is Cc1ncc(CO[N+](=O)[O-])cc1OC(=O)CC1=CC(=Cc2ccc(S(C)=O)cc2)c2ccccc21. The Kier molecular flexibility index (Phi) is 7.17. The smallest absolute Gasteiger partial charge is 0.315 e. The summed E-state index contributed by atoms with van der Waals surface area (Å²) in [6, 6.07) is 16.8. The van der Waals surface area contributed by atoms with Gasteiger partial charge < -0.3 is 9.57 Å². The van der Waals surface area contributed by atoms with Crippen LogP contribution < -0.4 is 4.74 Å². The van der Waals surface area contributed by atoms with Gasteiger partial charge in [0.05, 0.1) is 12.1 Å². The fraction of sp³-hybridized carbons (Fsp3) is 0.154. The summed E-state index contributed by atoms with van der Waals surface area (Å²) in [6.45, 7) is 1.40. The van der Waals surface area contributed by atoms with Crippen molar-refractivity contribution < 1.29 is 23.7 Å². The lowest BCUT2D eigenvalue weighted by Gasteiger charge is -2.10. The topological polar surface area (TPSA) is 109 Å². The molecule has 4 rings (SSSR count). The molecule has 1 heterocycles. The molecule has 35 heavy (non-hydrogen) atoms. The van der Waals surface area contributed by atoms with Crippen LogP contribution in [0, 0.1) is 17.0 Å². The van der Waals surface area contributed by atoms with Crippen molar-refractivity contribution >= 4 is 34.0 Å². The van der Waals surface area contributed by atoms with Crippen molar-refractivity contribution in [3.8, 4) is 5.75 Å². The van der Waals surface area contributed by atoms with E-state index in [0.717, 1.165) is 32.7 Å². The van der Waals surface area contributed by atoms with Gasteiger partial charge in [0.15, 0.2) is 5.75 Å². The highest BCUT2D eigenvalue weighted by Crippen LogP contribution is 2.38. The molecule has 0 spiro atoms. The quantitative estimate of drug-likeness (QED) is 0.254. The van der Waals surface area contributed by atoms with Crippen molar-refractivity contribution in [2.45, 2.75) is 24.8 Å². The van der Waals surface area contributed by atoms with Crippen LogP contribution in [0.4, 0.5) is 0 Å². The number of hydrogen-bond donors (Lipinski definition) is 0. The van der Waals surface area contributed by atoms with Gasteiger partial charge in [-0.25, -0.2) is 0 Å². The lowest BCUT2D eigenvalue weighted by molar-refractivity contribution is -0.763. The fourth-order valence-electron chi connectivity index (χ4n) is 3.74. The monoisotopic (exact) mass is 490 g/mol. The number of aromatic nitrogens is 1. The third-order valence-electron chi connectivity index (χ3n) is 5.44. The molecule has 9 heteroatoms. The van der Waals surface area contributed by atoms with Crippen LogP contribution in [0.2, 0.25) is 0 Å². The number of esters is 1. The highest BCUT2D eigenvalue weighted by Gasteiger charge is 2.21. The average Bonchev–Trinajstić information content (AvgIpc) is 3.16. The zero-order valence-electron chi connectivity index (χ0n) is 19.1. The summed E-state index contributed by atoms with van der Waals surface area (Å²) in [6.07, 6.45) is 7.10. The predicted octanol–water partition coefficient (Wildman–Crippen LogP) is 4.77. The van der Waals surface area contributed by atoms with E-state index in [9.17, 15) is 19.1 Å². The van der Waals surface area contributed by atoms with Gasteiger partial charge in [-0.15, -0.1) is 10.1 Å². The van der Waals surface area contributed by atoms with E-state index in [2.05, 4.69) is 9.82 Å². The van der Waals surface area contributed by atoms with Crippen LogP contribution in [-0.2, 0) is 27.0 Å². The summed E-state index contributed by atoms with van der Waals surface area (Å²) in [4.78, 5) is 32.5. The largest absolute Gasteiger partial charge is 0.424 e. The minimum absolute atomic E-state index is 0.0389. The van der Waals surface area contributed by atoms with Gasteiger partial charge in [0.2, 0.25) is 0 Å². The number of pyridine rings is 1. The third kappa shape index (κ3) is 5.88. The molecule has 1 atom stereocenters. The van der Waals surface area contributed by atoms with E-state index >= 15 is 0 Å². The van der Waals surface area contributed by atoms with Gasteiger partial charge in [0, 0.05) is 28.1 Å². The molecule has 8 nitrogen and oxygen atoms in total. The molecule has 1 aliphatic carbocycles. The first-order valence-electron chi connectivity index (χ1n) is 10.7. The Morgan fingerprint density at radius 2 is 1.86 bits per heavy atom. The number of allylic oxidation sites excluding steroid dienone is 2. The summed E-state index contributed by atoms with van der Waals surface area (Å²) >= 11 is 0. The molecule has 0 bridgehead atoms. The van der Waals surface area contributed by atoms with Crippen LogP contribution in [0.15, 0.2) is 71.8 Å². The molecule has 0 saturated carbocycles. The second kappa shape index (κ2) is 10.4. The first-order valence-corrected chi connectivity index (χ1v) is 12.2. The number of nitrogens with zero attached hydrogens (tertiary/aromatic N) is 2. The molecule has 1 aliphatic rings. The van der Waals surface area contributed by atoms with Crippen LogP contribution in [0.1, 0.15) is 34.4 Å². The van der Waals surface area contributed by atoms with E-state index in [1.807, 2.05) is 60.7 Å². The molecule has 1 unspecified atom stereocenters. The summed E-state index contributed by atoms with van der Waals surface area (Å²) in [7, 11) is -1.04. The molecular formula is C26H22N2O6S. The van der Waals surface area contributed by atoms with Crippen molar-refractivity contribution in [1.29, 1.82) is 0 Å². The number of benzene rings is 2. The van der Waals surface area contributed by atoms with E-state index < -0.39 is 21.9 Å². The van der Waals surface area contributed by atoms with Crippen molar-refractivity contribution in [3.63, 3.8) is 0 Å². The van der Waals surface area contributed by atoms with Crippen LogP contribution in [0.3, 0.4) is 0 Å². The Morgan fingerprint density at radius 1 is 1.14 bits per heavy atom. The number of carbonyl (C=O) groups is 1. The summed E-state index contributed by atoms with van der Waals surface area (Å²) in [5.41, 5.74) is 5.61. The number of ether oxygens (including phenoxy) is 1. The first kappa shape index (κ1) is 24.0. The van der Waals surface area contributed by atoms with E-state index in [4.69, 9.17) is 4.74 Å². The Labute approximate surface area is 204 Å². The van der Waals surface area contributed by atoms with Gasteiger partial charge >= 0.3 is 5.97 Å². The summed E-state index contributed by atoms with van der Waals surface area (Å²) in [5, 5.41) is 9.55. The molecule has 0 aliphatic heterocycles. The van der Waals surface area contributed by atoms with Gasteiger partial charge in [-0.05, 0) is 70.7 Å². The summed E-state index contributed by atoms with van der Waals surface area (Å²) < 4.78 is 17.2. The summed E-state index contributed by atoms with van der Waals surface area (Å²) in [5.74, 6) is -0.241. The molecule has 1 aromatic heterocycles. The maximum atomic E-state index is 12.8. The Balaban J connectivity index is 1.54. The molecule has 0 radical (unpaired) electrons. The van der Waals surface area contributed by atoms with Crippen molar-refractivity contribution in [1.82, 2.24) is 4.98 Å². The van der Waals surface area contributed by atoms with Crippen LogP contribution in [-0.4, -0.2) is 26.5 Å². The van der Waals surface area contributed by atoms with Crippen molar-refractivity contribution in [3.05, 3.63) is 105 Å². The highest BCUT2D eigenvalue weighted by molar-refractivity contribution is 7.84. The highest BCUT2D eigenvalue weighted by atomic mass is 32.2. The normalized spacial score (nSPS) is 14.2. The predicted molar refractivity (Wildman–Crippen MR) is 132 cm³/mol. The standard InChI is InChI=1S/C26H22N2O6S/c1-17-25(12-19(15-27-17)16-33-28(30)31)34-26(29)14-21-13-20(23-5-3-4-6-24(21)23)11-18-7-9-22(10-8-18)35(2)32/h3-13,15H,14,16H2,1-2H3. The van der Waals surface area contributed by atoms with E-state index in [1.165, 1.54) is 12.3 Å². The Hall–Kier alpha value is -4.11. The van der Waals surface area contributed by atoms with E-state index in [1.54, 1.807) is 13.2 Å². The van der Waals surface area contributed by atoms with E-state index in [-0.39, 0.29) is 18.8 Å². The molecule has 0 saturated heterocycles. The first-order chi connectivity index (χ1) is 16.8. The maximum Gasteiger partial charge on any atom is 0.315 e. The lowest BCUT2D eigenvalue weighted by Crippen LogP contribution is -2.10. The number of carbonyl (C=O) groups excluding carboxylic acids is 1. The van der Waals surface area contributed by atoms with Gasteiger partial charge in [-0.2, -0.15) is 0 Å². The third-order valence-corrected chi connectivity index (χ3v) is 6.38. The number of hydrogen-bond acceptors (Lipinski definition) is 7. The van der Waals surface area contributed by atoms with Crippen molar-refractivity contribution in [2.24, 2.45) is 0 Å². The van der Waals surface area contributed by atoms with Gasteiger partial charge in [0.1, 0.15) is 6.61 Å². The molecule has 0 amide bonds. The maximum absolute atomic E-state index is 12.8. The van der Waals surface area contributed by atoms with Crippen LogP contribution >= 0.6 is 0 Å². The zero-order chi connectivity index (χ0) is 24.9. The van der Waals surface area contributed by atoms with E-state index in [0.29, 0.717) is 11.3 Å². The van der Waals surface area contributed by atoms with Gasteiger partial charge in [-0.1, -0.05) is 36.4 Å². The molecule has 3 aromatic rings. The minimum atomic E-state index is -1.04. The zero-order valence-corrected chi connectivity index (χ0v) is 19.9. The minimum Gasteiger partial charge on any atom is -0.424 e. The molecular weight excluding hydrogens is 468 g/mol. The van der Waals surface area contributed by atoms with Crippen LogP contribution in [0.5, 0.6) is 5.75 Å². The van der Waals surface area contributed by atoms with Gasteiger partial charge in [-0.3, -0.25) is 14.0 Å². The average molecular weight is 491 g/mol. The van der Waals surface area contributed by atoms with Crippen LogP contribution in [0.25, 0.3) is 17.2 Å². The number of fused-ring (bicyclic) bond motifs is 1. The number of aryl methyl sites for hydroxylation is 1. The second-order valence-electron chi connectivity index (χ2n) is 7.91. The molecule has 0 fully saturated rings. The Bertz CT molecular complexity index is 1380.